The maximum Gasteiger partial charge on any atom is 0.254 e. The molecule has 0 radical (unpaired) electrons. The predicted molar refractivity (Wildman–Crippen MR) is 92.5 cm³/mol. The lowest BCUT2D eigenvalue weighted by Crippen LogP contribution is -2.49. The Morgan fingerprint density at radius 3 is 2.83 bits per heavy atom. The van der Waals surface area contributed by atoms with Gasteiger partial charge in [0, 0.05) is 23.7 Å². The molecule has 0 N–H and O–H groups in total. The number of pyridine rings is 1. The van der Waals surface area contributed by atoms with Crippen LogP contribution in [0.2, 0.25) is 0 Å². The highest BCUT2D eigenvalue weighted by molar-refractivity contribution is 6.06. The molecule has 2 atom stereocenters. The van der Waals surface area contributed by atoms with Crippen molar-refractivity contribution in [3.8, 4) is 0 Å². The maximum absolute atomic E-state index is 13.3. The Morgan fingerprint density at radius 1 is 1.13 bits per heavy atom. The van der Waals surface area contributed by atoms with E-state index in [1.807, 2.05) is 37.3 Å². The zero-order valence-corrected chi connectivity index (χ0v) is 13.8. The number of likely N-dealkylation sites (tertiary alicyclic amines) is 1. The van der Waals surface area contributed by atoms with Gasteiger partial charge in [0.1, 0.15) is 0 Å². The molecule has 0 spiro atoms. The molecule has 2 heterocycles. The number of benzene rings is 1. The van der Waals surface area contributed by atoms with Gasteiger partial charge in [0.25, 0.3) is 5.91 Å². The van der Waals surface area contributed by atoms with Gasteiger partial charge in [0.2, 0.25) is 0 Å². The summed E-state index contributed by atoms with van der Waals surface area (Å²) < 4.78 is 0. The van der Waals surface area contributed by atoms with Crippen molar-refractivity contribution in [2.75, 3.05) is 6.54 Å². The fourth-order valence-electron chi connectivity index (χ4n) is 4.52. The van der Waals surface area contributed by atoms with E-state index >= 15 is 0 Å². The van der Waals surface area contributed by atoms with Crippen molar-refractivity contribution in [3.63, 3.8) is 0 Å². The van der Waals surface area contributed by atoms with Crippen molar-refractivity contribution in [2.45, 2.75) is 51.5 Å². The van der Waals surface area contributed by atoms with Crippen LogP contribution < -0.4 is 0 Å². The number of nitrogens with zero attached hydrogens (tertiary/aromatic N) is 2. The Bertz CT molecular complexity index is 737. The number of fused-ring (bicyclic) bond motifs is 2. The molecule has 2 aromatic rings. The van der Waals surface area contributed by atoms with E-state index < -0.39 is 0 Å². The van der Waals surface area contributed by atoms with Gasteiger partial charge >= 0.3 is 0 Å². The van der Waals surface area contributed by atoms with Gasteiger partial charge < -0.3 is 4.90 Å². The Hall–Kier alpha value is -1.90. The zero-order valence-electron chi connectivity index (χ0n) is 13.8. The highest BCUT2D eigenvalue weighted by Gasteiger charge is 2.36. The monoisotopic (exact) mass is 308 g/mol. The van der Waals surface area contributed by atoms with Crippen LogP contribution in [0.5, 0.6) is 0 Å². The SMILES string of the molecule is Cc1cc(C(=O)N2CCC[C@@H]3CCCC[C@H]32)c2ccccc2n1. The van der Waals surface area contributed by atoms with Crippen molar-refractivity contribution in [1.29, 1.82) is 0 Å². The Labute approximate surface area is 137 Å². The summed E-state index contributed by atoms with van der Waals surface area (Å²) in [5.41, 5.74) is 2.68. The summed E-state index contributed by atoms with van der Waals surface area (Å²) in [5.74, 6) is 0.930. The van der Waals surface area contributed by atoms with Crippen molar-refractivity contribution in [3.05, 3.63) is 41.6 Å². The first-order valence-corrected chi connectivity index (χ1v) is 8.91. The lowest BCUT2D eigenvalue weighted by Gasteiger charge is -2.44. The smallest absolute Gasteiger partial charge is 0.254 e. The lowest BCUT2D eigenvalue weighted by molar-refractivity contribution is 0.0392. The van der Waals surface area contributed by atoms with Crippen LogP contribution in [0.25, 0.3) is 10.9 Å². The van der Waals surface area contributed by atoms with E-state index in [-0.39, 0.29) is 5.91 Å². The third-order valence-electron chi connectivity index (χ3n) is 5.58. The van der Waals surface area contributed by atoms with Crippen LogP contribution in [0.1, 0.15) is 54.6 Å². The maximum atomic E-state index is 13.3. The number of aryl methyl sites for hydroxylation is 1. The van der Waals surface area contributed by atoms with Gasteiger partial charge in [-0.3, -0.25) is 9.78 Å². The summed E-state index contributed by atoms with van der Waals surface area (Å²) in [5, 5.41) is 0.987. The fourth-order valence-corrected chi connectivity index (χ4v) is 4.52. The number of hydrogen-bond donors (Lipinski definition) is 0. The van der Waals surface area contributed by atoms with E-state index in [2.05, 4.69) is 9.88 Å². The molecule has 4 rings (SSSR count). The Kier molecular flexibility index (Phi) is 3.80. The molecule has 1 aliphatic heterocycles. The van der Waals surface area contributed by atoms with E-state index in [1.165, 1.54) is 32.1 Å². The van der Waals surface area contributed by atoms with Crippen molar-refractivity contribution >= 4 is 16.8 Å². The standard InChI is InChI=1S/C20H24N2O/c1-14-13-17(16-9-3-4-10-18(16)21-14)20(23)22-12-6-8-15-7-2-5-11-19(15)22/h3-4,9-10,13,15,19H,2,5-8,11-12H2,1H3/t15-,19+/m0/s1. The van der Waals surface area contributed by atoms with Gasteiger partial charge in [-0.15, -0.1) is 0 Å². The summed E-state index contributed by atoms with van der Waals surface area (Å²) in [6.07, 6.45) is 7.52. The summed E-state index contributed by atoms with van der Waals surface area (Å²) >= 11 is 0. The number of rotatable bonds is 1. The number of carbonyl (C=O) groups excluding carboxylic acids is 1. The zero-order chi connectivity index (χ0) is 15.8. The van der Waals surface area contributed by atoms with Gasteiger partial charge in [-0.25, -0.2) is 0 Å². The van der Waals surface area contributed by atoms with Gasteiger partial charge in [0.05, 0.1) is 11.1 Å². The summed E-state index contributed by atoms with van der Waals surface area (Å²) in [6.45, 7) is 2.89. The molecule has 2 fully saturated rings. The summed E-state index contributed by atoms with van der Waals surface area (Å²) in [4.78, 5) is 20.1. The molecule has 120 valence electrons. The highest BCUT2D eigenvalue weighted by atomic mass is 16.2. The average Bonchev–Trinajstić information content (AvgIpc) is 2.60. The third-order valence-corrected chi connectivity index (χ3v) is 5.58. The first-order chi connectivity index (χ1) is 11.2. The normalized spacial score (nSPS) is 24.5. The van der Waals surface area contributed by atoms with Crippen molar-refractivity contribution in [1.82, 2.24) is 9.88 Å². The van der Waals surface area contributed by atoms with E-state index in [4.69, 9.17) is 0 Å². The van der Waals surface area contributed by atoms with E-state index in [0.717, 1.165) is 41.0 Å². The predicted octanol–water partition coefficient (Wildman–Crippen LogP) is 4.34. The molecule has 23 heavy (non-hydrogen) atoms. The largest absolute Gasteiger partial charge is 0.335 e. The van der Waals surface area contributed by atoms with Crippen molar-refractivity contribution < 1.29 is 4.79 Å². The Balaban J connectivity index is 1.74. The topological polar surface area (TPSA) is 33.2 Å². The van der Waals surface area contributed by atoms with Gasteiger partial charge in [-0.2, -0.15) is 0 Å². The van der Waals surface area contributed by atoms with Crippen LogP contribution in [-0.2, 0) is 0 Å². The molecule has 1 amide bonds. The van der Waals surface area contributed by atoms with Crippen LogP contribution in [0.3, 0.4) is 0 Å². The average molecular weight is 308 g/mol. The molecule has 2 aliphatic rings. The molecule has 1 aromatic heterocycles. The molecule has 3 nitrogen and oxygen atoms in total. The third kappa shape index (κ3) is 2.62. The molecular weight excluding hydrogens is 284 g/mol. The number of aromatic nitrogens is 1. The number of hydrogen-bond acceptors (Lipinski definition) is 2. The van der Waals surface area contributed by atoms with Crippen molar-refractivity contribution in [2.24, 2.45) is 5.92 Å². The molecule has 1 aromatic carbocycles. The highest BCUT2D eigenvalue weighted by Crippen LogP contribution is 2.36. The molecule has 1 saturated carbocycles. The number of amides is 1. The van der Waals surface area contributed by atoms with Crippen LogP contribution >= 0.6 is 0 Å². The molecule has 0 bridgehead atoms. The molecule has 1 aliphatic carbocycles. The number of piperidine rings is 1. The number of carbonyl (C=O) groups is 1. The van der Waals surface area contributed by atoms with Gasteiger partial charge in [-0.1, -0.05) is 31.0 Å². The minimum absolute atomic E-state index is 0.211. The van der Waals surface area contributed by atoms with Gasteiger partial charge in [0.15, 0.2) is 0 Å². The van der Waals surface area contributed by atoms with E-state index in [1.54, 1.807) is 0 Å². The van der Waals surface area contributed by atoms with E-state index in [0.29, 0.717) is 6.04 Å². The van der Waals surface area contributed by atoms with Crippen LogP contribution in [-0.4, -0.2) is 28.4 Å². The van der Waals surface area contributed by atoms with E-state index in [9.17, 15) is 4.79 Å². The Morgan fingerprint density at radius 2 is 1.91 bits per heavy atom. The first kappa shape index (κ1) is 14.7. The summed E-state index contributed by atoms with van der Waals surface area (Å²) in [6, 6.07) is 10.4. The second kappa shape index (κ2) is 5.95. The van der Waals surface area contributed by atoms with Gasteiger partial charge in [-0.05, 0) is 50.7 Å². The second-order valence-corrected chi connectivity index (χ2v) is 7.08. The molecular formula is C20H24N2O. The van der Waals surface area contributed by atoms with Crippen LogP contribution in [0.15, 0.2) is 30.3 Å². The summed E-state index contributed by atoms with van der Waals surface area (Å²) in [7, 11) is 0. The molecule has 3 heteroatoms. The number of para-hydroxylation sites is 1. The van der Waals surface area contributed by atoms with Crippen LogP contribution in [0, 0.1) is 12.8 Å². The minimum atomic E-state index is 0.211. The van der Waals surface area contributed by atoms with Crippen LogP contribution in [0.4, 0.5) is 0 Å². The first-order valence-electron chi connectivity index (χ1n) is 8.91. The lowest BCUT2D eigenvalue weighted by atomic mass is 9.78. The molecule has 0 unspecified atom stereocenters. The quantitative estimate of drug-likeness (QED) is 0.785. The molecule has 1 saturated heterocycles. The minimum Gasteiger partial charge on any atom is -0.335 e. The second-order valence-electron chi connectivity index (χ2n) is 7.08. The fraction of sp³-hybridized carbons (Fsp3) is 0.500.